The molecule has 0 aliphatic heterocycles. The molecular formula is C18H27N3O3. The second kappa shape index (κ2) is 7.64. The minimum absolute atomic E-state index is 0.238. The van der Waals surface area contributed by atoms with Gasteiger partial charge in [-0.05, 0) is 58.1 Å². The minimum Gasteiger partial charge on any atom is -0.444 e. The molecule has 132 valence electrons. The van der Waals surface area contributed by atoms with Crippen molar-refractivity contribution >= 4 is 17.7 Å². The Hall–Kier alpha value is -2.11. The van der Waals surface area contributed by atoms with Gasteiger partial charge in [-0.15, -0.1) is 0 Å². The van der Waals surface area contributed by atoms with Crippen molar-refractivity contribution in [3.8, 4) is 0 Å². The zero-order chi connectivity index (χ0) is 17.7. The van der Waals surface area contributed by atoms with E-state index >= 15 is 0 Å². The van der Waals surface area contributed by atoms with Gasteiger partial charge in [0.05, 0.1) is 11.9 Å². The maximum atomic E-state index is 12.6. The fraction of sp³-hybridized carbons (Fsp3) is 0.611. The molecule has 1 aromatic rings. The second-order valence-electron chi connectivity index (χ2n) is 7.40. The van der Waals surface area contributed by atoms with Crippen molar-refractivity contribution in [1.82, 2.24) is 10.3 Å². The first-order valence-electron chi connectivity index (χ1n) is 8.45. The zero-order valence-electron chi connectivity index (χ0n) is 14.9. The third-order valence-electron chi connectivity index (χ3n) is 3.86. The monoisotopic (exact) mass is 333 g/mol. The molecule has 2 N–H and O–H groups in total. The molecule has 1 fully saturated rings. The number of carbonyl (C=O) groups is 2. The van der Waals surface area contributed by atoms with E-state index in [2.05, 4.69) is 15.6 Å². The van der Waals surface area contributed by atoms with Gasteiger partial charge < -0.3 is 15.4 Å². The average Bonchev–Trinajstić information content (AvgIpc) is 3.28. The molecule has 1 unspecified atom stereocenters. The second-order valence-corrected chi connectivity index (χ2v) is 7.40. The summed E-state index contributed by atoms with van der Waals surface area (Å²) in [6.45, 7) is 7.29. The number of hydrogen-bond donors (Lipinski definition) is 2. The van der Waals surface area contributed by atoms with Gasteiger partial charge in [-0.3, -0.25) is 9.78 Å². The van der Waals surface area contributed by atoms with Crippen LogP contribution in [0, 0.1) is 12.8 Å². The third-order valence-corrected chi connectivity index (χ3v) is 3.86. The van der Waals surface area contributed by atoms with Crippen LogP contribution in [-0.2, 0) is 9.53 Å². The number of anilines is 1. The predicted molar refractivity (Wildman–Crippen MR) is 92.7 cm³/mol. The van der Waals surface area contributed by atoms with Crippen LogP contribution in [0.1, 0.15) is 52.0 Å². The van der Waals surface area contributed by atoms with Gasteiger partial charge >= 0.3 is 6.09 Å². The molecule has 1 aromatic heterocycles. The van der Waals surface area contributed by atoms with Crippen molar-refractivity contribution in [3.05, 3.63) is 24.0 Å². The van der Waals surface area contributed by atoms with Crippen molar-refractivity contribution in [2.75, 3.05) is 5.32 Å². The van der Waals surface area contributed by atoms with Gasteiger partial charge in [-0.2, -0.15) is 0 Å². The zero-order valence-corrected chi connectivity index (χ0v) is 14.9. The van der Waals surface area contributed by atoms with E-state index in [1.165, 1.54) is 12.8 Å². The summed E-state index contributed by atoms with van der Waals surface area (Å²) in [7, 11) is 0. The molecule has 1 aliphatic carbocycles. The molecule has 0 saturated heterocycles. The van der Waals surface area contributed by atoms with Crippen LogP contribution in [0.3, 0.4) is 0 Å². The number of rotatable bonds is 6. The number of aromatic nitrogens is 1. The summed E-state index contributed by atoms with van der Waals surface area (Å²) in [4.78, 5) is 28.6. The molecule has 6 nitrogen and oxygen atoms in total. The molecular weight excluding hydrogens is 306 g/mol. The van der Waals surface area contributed by atoms with Crippen LogP contribution in [0.5, 0.6) is 0 Å². The summed E-state index contributed by atoms with van der Waals surface area (Å²) in [6.07, 6.45) is 6.67. The van der Waals surface area contributed by atoms with Crippen LogP contribution in [0.4, 0.5) is 10.5 Å². The maximum Gasteiger partial charge on any atom is 0.408 e. The van der Waals surface area contributed by atoms with Crippen molar-refractivity contribution in [2.24, 2.45) is 5.92 Å². The number of nitrogens with zero attached hydrogens (tertiary/aromatic N) is 1. The lowest BCUT2D eigenvalue weighted by Crippen LogP contribution is -2.45. The summed E-state index contributed by atoms with van der Waals surface area (Å²) >= 11 is 0. The van der Waals surface area contributed by atoms with E-state index in [9.17, 15) is 9.59 Å². The molecule has 6 heteroatoms. The summed E-state index contributed by atoms with van der Waals surface area (Å²) in [5.41, 5.74) is 0.989. The lowest BCUT2D eigenvalue weighted by molar-refractivity contribution is -0.118. The molecule has 1 heterocycles. The van der Waals surface area contributed by atoms with Gasteiger partial charge in [0.2, 0.25) is 5.91 Å². The van der Waals surface area contributed by atoms with Gasteiger partial charge in [0.15, 0.2) is 0 Å². The molecule has 24 heavy (non-hydrogen) atoms. The van der Waals surface area contributed by atoms with E-state index in [-0.39, 0.29) is 5.91 Å². The van der Waals surface area contributed by atoms with Crippen LogP contribution in [0.2, 0.25) is 0 Å². The first kappa shape index (κ1) is 18.2. The smallest absolute Gasteiger partial charge is 0.408 e. The highest BCUT2D eigenvalue weighted by molar-refractivity contribution is 5.96. The molecule has 2 rings (SSSR count). The third kappa shape index (κ3) is 6.18. The van der Waals surface area contributed by atoms with Gasteiger partial charge in [0.25, 0.3) is 0 Å². The fourth-order valence-electron chi connectivity index (χ4n) is 2.34. The standard InChI is InChI=1S/C18H27N3O3/c1-12-9-10-19-11-15(12)20-16(22)14(8-7-13-5-6-13)21-17(23)24-18(2,3)4/h9-11,13-14H,5-8H2,1-4H3,(H,20,22)(H,21,23). The largest absolute Gasteiger partial charge is 0.444 e. The van der Waals surface area contributed by atoms with E-state index in [0.29, 0.717) is 18.0 Å². The number of pyridine rings is 1. The number of amides is 2. The Kier molecular flexibility index (Phi) is 5.80. The van der Waals surface area contributed by atoms with E-state index in [1.54, 1.807) is 33.2 Å². The van der Waals surface area contributed by atoms with E-state index in [1.807, 2.05) is 13.0 Å². The Morgan fingerprint density at radius 3 is 2.67 bits per heavy atom. The summed E-state index contributed by atoms with van der Waals surface area (Å²) < 4.78 is 5.27. The first-order chi connectivity index (χ1) is 11.2. The number of hydrogen-bond acceptors (Lipinski definition) is 4. The number of alkyl carbamates (subject to hydrolysis) is 1. The Bertz CT molecular complexity index is 591. The minimum atomic E-state index is -0.611. The predicted octanol–water partition coefficient (Wildman–Crippen LogP) is 3.41. The first-order valence-corrected chi connectivity index (χ1v) is 8.45. The highest BCUT2D eigenvalue weighted by Crippen LogP contribution is 2.34. The Morgan fingerprint density at radius 2 is 2.08 bits per heavy atom. The quantitative estimate of drug-likeness (QED) is 0.836. The van der Waals surface area contributed by atoms with Gasteiger partial charge in [0, 0.05) is 6.20 Å². The van der Waals surface area contributed by atoms with Crippen LogP contribution < -0.4 is 10.6 Å². The molecule has 0 bridgehead atoms. The van der Waals surface area contributed by atoms with Gasteiger partial charge in [-0.25, -0.2) is 4.79 Å². The van der Waals surface area contributed by atoms with Crippen molar-refractivity contribution in [1.29, 1.82) is 0 Å². The van der Waals surface area contributed by atoms with Crippen molar-refractivity contribution in [3.63, 3.8) is 0 Å². The molecule has 0 spiro atoms. The molecule has 1 saturated carbocycles. The van der Waals surface area contributed by atoms with Crippen LogP contribution in [0.15, 0.2) is 18.5 Å². The molecule has 1 atom stereocenters. The number of aryl methyl sites for hydroxylation is 1. The van der Waals surface area contributed by atoms with Gasteiger partial charge in [-0.1, -0.05) is 12.8 Å². The Labute approximate surface area is 143 Å². The normalized spacial score (nSPS) is 15.5. The molecule has 2 amide bonds. The SMILES string of the molecule is Cc1ccncc1NC(=O)C(CCC1CC1)NC(=O)OC(C)(C)C. The number of ether oxygens (including phenoxy) is 1. The van der Waals surface area contributed by atoms with E-state index < -0.39 is 17.7 Å². The highest BCUT2D eigenvalue weighted by atomic mass is 16.6. The van der Waals surface area contributed by atoms with E-state index in [4.69, 9.17) is 4.74 Å². The molecule has 0 aromatic carbocycles. The lowest BCUT2D eigenvalue weighted by Gasteiger charge is -2.23. The summed E-state index contributed by atoms with van der Waals surface area (Å²) in [5.74, 6) is 0.443. The molecule has 1 aliphatic rings. The molecule has 0 radical (unpaired) electrons. The van der Waals surface area contributed by atoms with Gasteiger partial charge in [0.1, 0.15) is 11.6 Å². The highest BCUT2D eigenvalue weighted by Gasteiger charge is 2.28. The lowest BCUT2D eigenvalue weighted by atomic mass is 10.1. The number of nitrogens with one attached hydrogen (secondary N) is 2. The Balaban J connectivity index is 1.99. The van der Waals surface area contributed by atoms with Crippen LogP contribution >= 0.6 is 0 Å². The van der Waals surface area contributed by atoms with Crippen molar-refractivity contribution in [2.45, 2.75) is 65.0 Å². The fourth-order valence-corrected chi connectivity index (χ4v) is 2.34. The van der Waals surface area contributed by atoms with Crippen molar-refractivity contribution < 1.29 is 14.3 Å². The Morgan fingerprint density at radius 1 is 1.38 bits per heavy atom. The summed E-state index contributed by atoms with van der Waals surface area (Å²) in [6, 6.07) is 1.22. The topological polar surface area (TPSA) is 80.3 Å². The van der Waals surface area contributed by atoms with Crippen LogP contribution in [0.25, 0.3) is 0 Å². The number of carbonyl (C=O) groups excluding carboxylic acids is 2. The maximum absolute atomic E-state index is 12.6. The van der Waals surface area contributed by atoms with Crippen LogP contribution in [-0.4, -0.2) is 28.6 Å². The summed E-state index contributed by atoms with van der Waals surface area (Å²) in [5, 5.41) is 5.55. The van der Waals surface area contributed by atoms with E-state index in [0.717, 1.165) is 12.0 Å². The average molecular weight is 333 g/mol.